The van der Waals surface area contributed by atoms with Crippen LogP contribution in [0, 0.1) is 0 Å². The number of benzene rings is 1. The van der Waals surface area contributed by atoms with Gasteiger partial charge in [-0.3, -0.25) is 9.59 Å². The summed E-state index contributed by atoms with van der Waals surface area (Å²) < 4.78 is 56.9. The Hall–Kier alpha value is -2.82. The quantitative estimate of drug-likeness (QED) is 0.659. The van der Waals surface area contributed by atoms with Crippen LogP contribution >= 0.6 is 0 Å². The maximum atomic E-state index is 13.0. The van der Waals surface area contributed by atoms with Gasteiger partial charge in [0.1, 0.15) is 11.4 Å². The molecule has 0 N–H and O–H groups in total. The molecule has 166 valence electrons. The third-order valence-electron chi connectivity index (χ3n) is 3.69. The number of esters is 2. The van der Waals surface area contributed by atoms with E-state index in [1.54, 1.807) is 20.8 Å². The van der Waals surface area contributed by atoms with Crippen molar-refractivity contribution < 1.29 is 46.5 Å². The average molecular weight is 433 g/mol. The maximum Gasteiger partial charge on any atom is 0.573 e. The predicted octanol–water partition coefficient (Wildman–Crippen LogP) is 2.59. The molecule has 30 heavy (non-hydrogen) atoms. The van der Waals surface area contributed by atoms with Crippen molar-refractivity contribution in [1.29, 1.82) is 0 Å². The van der Waals surface area contributed by atoms with Crippen molar-refractivity contribution >= 4 is 23.5 Å². The summed E-state index contributed by atoms with van der Waals surface area (Å²) >= 11 is 0. The Labute approximate surface area is 170 Å². The zero-order valence-electron chi connectivity index (χ0n) is 16.8. The summed E-state index contributed by atoms with van der Waals surface area (Å²) in [6.07, 6.45) is -8.09. The van der Waals surface area contributed by atoms with Crippen LogP contribution in [-0.2, 0) is 28.6 Å². The fourth-order valence-corrected chi connectivity index (χ4v) is 2.70. The first-order chi connectivity index (χ1) is 13.8. The minimum absolute atomic E-state index is 0.00587. The first kappa shape index (κ1) is 23.5. The molecule has 2 atom stereocenters. The predicted molar refractivity (Wildman–Crippen MR) is 96.6 cm³/mol. The van der Waals surface area contributed by atoms with E-state index < -0.39 is 47.8 Å². The van der Waals surface area contributed by atoms with Crippen LogP contribution in [0.5, 0.6) is 5.75 Å². The molecule has 1 aromatic carbocycles. The molecule has 1 saturated heterocycles. The van der Waals surface area contributed by atoms with Crippen molar-refractivity contribution in [2.75, 3.05) is 18.1 Å². The smallest absolute Gasteiger partial charge is 0.457 e. The number of hydrogen-bond donors (Lipinski definition) is 0. The van der Waals surface area contributed by atoms with Crippen LogP contribution in [0.15, 0.2) is 24.3 Å². The first-order valence-electron chi connectivity index (χ1n) is 8.96. The van der Waals surface area contributed by atoms with Crippen molar-refractivity contribution in [3.63, 3.8) is 0 Å². The van der Waals surface area contributed by atoms with Gasteiger partial charge < -0.3 is 23.8 Å². The molecule has 11 heteroatoms. The zero-order valence-corrected chi connectivity index (χ0v) is 16.8. The van der Waals surface area contributed by atoms with Crippen LogP contribution in [0.1, 0.15) is 27.7 Å². The second-order valence-corrected chi connectivity index (χ2v) is 7.39. The van der Waals surface area contributed by atoms with E-state index in [9.17, 15) is 27.6 Å². The van der Waals surface area contributed by atoms with E-state index in [0.717, 1.165) is 24.0 Å². The number of nitrogens with zero attached hydrogens (tertiary/aromatic N) is 1. The standard InChI is InChI=1S/C19H22F3NO7/c1-11(24)28-15(17(26)30-18(2,3)4)14-16(25)23(8-9-27-14)12-6-5-7-13(10-12)29-19(20,21)22/h5-7,10,14-15H,8-9H2,1-4H3. The fraction of sp³-hybridized carbons (Fsp3) is 0.526. The number of carbonyl (C=O) groups is 3. The minimum atomic E-state index is -4.90. The summed E-state index contributed by atoms with van der Waals surface area (Å²) in [5.74, 6) is -3.10. The number of amides is 1. The molecular weight excluding hydrogens is 411 g/mol. The highest BCUT2D eigenvalue weighted by Crippen LogP contribution is 2.29. The Morgan fingerprint density at radius 1 is 1.23 bits per heavy atom. The number of alkyl halides is 3. The summed E-state index contributed by atoms with van der Waals surface area (Å²) in [6, 6.07) is 4.80. The van der Waals surface area contributed by atoms with Gasteiger partial charge in [-0.1, -0.05) is 6.07 Å². The van der Waals surface area contributed by atoms with Crippen LogP contribution in [0.25, 0.3) is 0 Å². The number of halogens is 3. The van der Waals surface area contributed by atoms with E-state index in [0.29, 0.717) is 0 Å². The van der Waals surface area contributed by atoms with Gasteiger partial charge in [-0.25, -0.2) is 4.79 Å². The number of morpholine rings is 1. The average Bonchev–Trinajstić information content (AvgIpc) is 2.57. The van der Waals surface area contributed by atoms with Crippen LogP contribution < -0.4 is 9.64 Å². The van der Waals surface area contributed by atoms with Gasteiger partial charge in [0, 0.05) is 25.2 Å². The summed E-state index contributed by atoms with van der Waals surface area (Å²) in [6.45, 7) is 5.79. The highest BCUT2D eigenvalue weighted by molar-refractivity contribution is 6.00. The topological polar surface area (TPSA) is 91.4 Å². The SMILES string of the molecule is CC(=O)OC(C(=O)OC(C)(C)C)C1OCCN(c2cccc(OC(F)(F)F)c2)C1=O. The summed E-state index contributed by atoms with van der Waals surface area (Å²) in [4.78, 5) is 38.0. The van der Waals surface area contributed by atoms with E-state index in [2.05, 4.69) is 4.74 Å². The lowest BCUT2D eigenvalue weighted by Crippen LogP contribution is -2.56. The summed E-state index contributed by atoms with van der Waals surface area (Å²) in [5.41, 5.74) is -0.823. The first-order valence-corrected chi connectivity index (χ1v) is 8.96. The molecule has 1 fully saturated rings. The molecule has 2 unspecified atom stereocenters. The van der Waals surface area contributed by atoms with Gasteiger partial charge in [-0.05, 0) is 32.9 Å². The van der Waals surface area contributed by atoms with Crippen molar-refractivity contribution in [2.45, 2.75) is 51.9 Å². The number of hydrogen-bond acceptors (Lipinski definition) is 7. The third-order valence-corrected chi connectivity index (χ3v) is 3.69. The third kappa shape index (κ3) is 6.61. The molecule has 0 aromatic heterocycles. The van der Waals surface area contributed by atoms with Gasteiger partial charge in [0.25, 0.3) is 5.91 Å². The lowest BCUT2D eigenvalue weighted by Gasteiger charge is -2.35. The molecule has 0 saturated carbocycles. The number of rotatable bonds is 5. The molecule has 1 amide bonds. The molecule has 0 aliphatic carbocycles. The molecule has 2 rings (SSSR count). The number of carbonyl (C=O) groups excluding carboxylic acids is 3. The van der Waals surface area contributed by atoms with Crippen molar-refractivity contribution in [2.24, 2.45) is 0 Å². The molecule has 0 spiro atoms. The molecule has 1 aliphatic rings. The van der Waals surface area contributed by atoms with Gasteiger partial charge in [0.05, 0.1) is 6.61 Å². The Bertz CT molecular complexity index is 804. The molecular formula is C19H22F3NO7. The maximum absolute atomic E-state index is 13.0. The Morgan fingerprint density at radius 3 is 2.47 bits per heavy atom. The normalized spacial score (nSPS) is 18.6. The molecule has 8 nitrogen and oxygen atoms in total. The fourth-order valence-electron chi connectivity index (χ4n) is 2.70. The van der Waals surface area contributed by atoms with Gasteiger partial charge in [0.2, 0.25) is 6.10 Å². The monoisotopic (exact) mass is 433 g/mol. The number of ether oxygens (including phenoxy) is 4. The molecule has 1 aliphatic heterocycles. The number of anilines is 1. The van der Waals surface area contributed by atoms with Gasteiger partial charge in [-0.2, -0.15) is 0 Å². The van der Waals surface area contributed by atoms with Gasteiger partial charge in [-0.15, -0.1) is 13.2 Å². The van der Waals surface area contributed by atoms with Gasteiger partial charge >= 0.3 is 18.3 Å². The highest BCUT2D eigenvalue weighted by Gasteiger charge is 2.44. The lowest BCUT2D eigenvalue weighted by atomic mass is 10.1. The van der Waals surface area contributed by atoms with Crippen LogP contribution in [0.4, 0.5) is 18.9 Å². The summed E-state index contributed by atoms with van der Waals surface area (Å²) in [7, 11) is 0. The highest BCUT2D eigenvalue weighted by atomic mass is 19.4. The van der Waals surface area contributed by atoms with Gasteiger partial charge in [0.15, 0.2) is 6.10 Å². The zero-order chi connectivity index (χ0) is 22.7. The van der Waals surface area contributed by atoms with E-state index in [1.165, 1.54) is 12.1 Å². The second kappa shape index (κ2) is 8.90. The lowest BCUT2D eigenvalue weighted by molar-refractivity contribution is -0.274. The largest absolute Gasteiger partial charge is 0.573 e. The van der Waals surface area contributed by atoms with E-state index in [4.69, 9.17) is 14.2 Å². The molecule has 0 radical (unpaired) electrons. The van der Waals surface area contributed by atoms with Crippen molar-refractivity contribution in [1.82, 2.24) is 0 Å². The van der Waals surface area contributed by atoms with Crippen LogP contribution in [-0.4, -0.2) is 55.2 Å². The molecule has 0 bridgehead atoms. The Morgan fingerprint density at radius 2 is 1.90 bits per heavy atom. The van der Waals surface area contributed by atoms with Crippen LogP contribution in [0.3, 0.4) is 0 Å². The molecule has 1 heterocycles. The van der Waals surface area contributed by atoms with Crippen molar-refractivity contribution in [3.8, 4) is 5.75 Å². The Kier molecular flexibility index (Phi) is 6.96. The van der Waals surface area contributed by atoms with Crippen LogP contribution in [0.2, 0.25) is 0 Å². The van der Waals surface area contributed by atoms with E-state index in [-0.39, 0.29) is 18.8 Å². The van der Waals surface area contributed by atoms with E-state index >= 15 is 0 Å². The summed E-state index contributed by atoms with van der Waals surface area (Å²) in [5, 5.41) is 0. The minimum Gasteiger partial charge on any atom is -0.457 e. The van der Waals surface area contributed by atoms with E-state index in [1.807, 2.05) is 0 Å². The molecule has 1 aromatic rings. The second-order valence-electron chi connectivity index (χ2n) is 7.39. The van der Waals surface area contributed by atoms with Crippen molar-refractivity contribution in [3.05, 3.63) is 24.3 Å². The Balaban J connectivity index is 2.28.